The first-order chi connectivity index (χ1) is 10.3. The number of fused-ring (bicyclic) bond motifs is 2. The van der Waals surface area contributed by atoms with Gasteiger partial charge in [0.15, 0.2) is 5.69 Å². The highest BCUT2D eigenvalue weighted by Gasteiger charge is 2.38. The second kappa shape index (κ2) is 5.65. The fourth-order valence-corrected chi connectivity index (χ4v) is 5.03. The van der Waals surface area contributed by atoms with Crippen LogP contribution in [-0.2, 0) is 17.6 Å². The number of hydrogen-bond acceptors (Lipinski definition) is 4. The van der Waals surface area contributed by atoms with E-state index < -0.39 is 0 Å². The Morgan fingerprint density at radius 3 is 3.24 bits per heavy atom. The van der Waals surface area contributed by atoms with Crippen LogP contribution in [0, 0.1) is 0 Å². The smallest absolute Gasteiger partial charge is 0.274 e. The zero-order valence-corrected chi connectivity index (χ0v) is 13.0. The van der Waals surface area contributed by atoms with E-state index in [0.29, 0.717) is 17.0 Å². The summed E-state index contributed by atoms with van der Waals surface area (Å²) >= 11 is 1.95. The van der Waals surface area contributed by atoms with Gasteiger partial charge in [-0.1, -0.05) is 0 Å². The molecule has 6 heteroatoms. The van der Waals surface area contributed by atoms with Gasteiger partial charge in [-0.2, -0.15) is 16.9 Å². The summed E-state index contributed by atoms with van der Waals surface area (Å²) in [5.41, 5.74) is 3.04. The summed E-state index contributed by atoms with van der Waals surface area (Å²) in [6, 6.07) is 0.320. The number of nitrogens with zero attached hydrogens (tertiary/aromatic N) is 2. The number of ether oxygens (including phenoxy) is 1. The van der Waals surface area contributed by atoms with Crippen LogP contribution in [0.4, 0.5) is 0 Å². The van der Waals surface area contributed by atoms with Crippen LogP contribution in [0.3, 0.4) is 0 Å². The van der Waals surface area contributed by atoms with Crippen molar-refractivity contribution in [2.45, 2.75) is 43.4 Å². The molecular weight excluding hydrogens is 286 g/mol. The predicted molar refractivity (Wildman–Crippen MR) is 81.7 cm³/mol. The highest BCUT2D eigenvalue weighted by Crippen LogP contribution is 2.32. The molecule has 0 aromatic carbocycles. The molecule has 114 valence electrons. The van der Waals surface area contributed by atoms with Crippen molar-refractivity contribution in [1.29, 1.82) is 0 Å². The SMILES string of the molecule is O=C(c1n[nH]c2c1CCCC2)N1CCS[C@@H]2COCC[C@@H]21. The number of aryl methyl sites for hydroxylation is 1. The first kappa shape index (κ1) is 13.6. The molecule has 1 aliphatic carbocycles. The zero-order valence-electron chi connectivity index (χ0n) is 12.1. The van der Waals surface area contributed by atoms with Crippen LogP contribution in [0.1, 0.15) is 41.0 Å². The lowest BCUT2D eigenvalue weighted by molar-refractivity contribution is 0.0315. The third-order valence-corrected chi connectivity index (χ3v) is 6.15. The van der Waals surface area contributed by atoms with Crippen LogP contribution in [0.5, 0.6) is 0 Å². The highest BCUT2D eigenvalue weighted by atomic mass is 32.2. The van der Waals surface area contributed by atoms with Gasteiger partial charge in [0.25, 0.3) is 5.91 Å². The minimum atomic E-state index is 0.131. The van der Waals surface area contributed by atoms with E-state index in [1.54, 1.807) is 0 Å². The highest BCUT2D eigenvalue weighted by molar-refractivity contribution is 8.00. The molecule has 0 radical (unpaired) electrons. The molecule has 4 rings (SSSR count). The molecule has 2 fully saturated rings. The van der Waals surface area contributed by atoms with E-state index in [4.69, 9.17) is 4.74 Å². The Hall–Kier alpha value is -1.01. The number of nitrogens with one attached hydrogen (secondary N) is 1. The van der Waals surface area contributed by atoms with Crippen molar-refractivity contribution in [3.05, 3.63) is 17.0 Å². The van der Waals surface area contributed by atoms with Crippen LogP contribution in [0.25, 0.3) is 0 Å². The number of amides is 1. The first-order valence-corrected chi connectivity index (χ1v) is 8.96. The Balaban J connectivity index is 1.60. The summed E-state index contributed by atoms with van der Waals surface area (Å²) in [7, 11) is 0. The number of carbonyl (C=O) groups excluding carboxylic acids is 1. The molecule has 0 unspecified atom stereocenters. The topological polar surface area (TPSA) is 58.2 Å². The number of carbonyl (C=O) groups is 1. The molecule has 2 atom stereocenters. The number of aromatic nitrogens is 2. The average Bonchev–Trinajstić information content (AvgIpc) is 2.98. The monoisotopic (exact) mass is 307 g/mol. The number of hydrogen-bond donors (Lipinski definition) is 1. The van der Waals surface area contributed by atoms with E-state index in [-0.39, 0.29) is 5.91 Å². The minimum absolute atomic E-state index is 0.131. The van der Waals surface area contributed by atoms with E-state index in [9.17, 15) is 4.79 Å². The Bertz CT molecular complexity index is 543. The van der Waals surface area contributed by atoms with Gasteiger partial charge in [0.1, 0.15) is 0 Å². The fourth-order valence-electron chi connectivity index (χ4n) is 3.73. The zero-order chi connectivity index (χ0) is 14.2. The average molecular weight is 307 g/mol. The molecule has 2 saturated heterocycles. The Morgan fingerprint density at radius 1 is 1.38 bits per heavy atom. The largest absolute Gasteiger partial charge is 0.380 e. The van der Waals surface area contributed by atoms with Crippen molar-refractivity contribution >= 4 is 17.7 Å². The van der Waals surface area contributed by atoms with E-state index in [0.717, 1.165) is 44.8 Å². The van der Waals surface area contributed by atoms with Gasteiger partial charge in [-0.15, -0.1) is 0 Å². The lowest BCUT2D eigenvalue weighted by Gasteiger charge is -2.43. The van der Waals surface area contributed by atoms with Crippen LogP contribution in [0.2, 0.25) is 0 Å². The minimum Gasteiger partial charge on any atom is -0.380 e. The maximum atomic E-state index is 13.0. The maximum absolute atomic E-state index is 13.0. The second-order valence-electron chi connectivity index (χ2n) is 6.08. The molecule has 1 N–H and O–H groups in total. The number of rotatable bonds is 1. The van der Waals surface area contributed by atoms with Gasteiger partial charge < -0.3 is 9.64 Å². The van der Waals surface area contributed by atoms with Gasteiger partial charge in [-0.05, 0) is 32.1 Å². The molecule has 1 amide bonds. The van der Waals surface area contributed by atoms with E-state index in [1.807, 2.05) is 11.8 Å². The maximum Gasteiger partial charge on any atom is 0.274 e. The molecule has 3 heterocycles. The molecule has 0 saturated carbocycles. The van der Waals surface area contributed by atoms with Crippen molar-refractivity contribution in [3.63, 3.8) is 0 Å². The van der Waals surface area contributed by atoms with Crippen LogP contribution < -0.4 is 0 Å². The normalized spacial score (nSPS) is 28.9. The van der Waals surface area contributed by atoms with E-state index >= 15 is 0 Å². The Kier molecular flexibility index (Phi) is 3.67. The molecule has 0 spiro atoms. The third kappa shape index (κ3) is 2.38. The molecular formula is C15H21N3O2S. The van der Waals surface area contributed by atoms with Gasteiger partial charge in [-0.3, -0.25) is 9.89 Å². The Morgan fingerprint density at radius 2 is 2.29 bits per heavy atom. The Labute approximate surface area is 128 Å². The van der Waals surface area contributed by atoms with Gasteiger partial charge in [-0.25, -0.2) is 0 Å². The summed E-state index contributed by atoms with van der Waals surface area (Å²) in [5.74, 6) is 1.13. The molecule has 1 aromatic heterocycles. The molecule has 1 aromatic rings. The number of H-pyrrole nitrogens is 1. The molecule has 21 heavy (non-hydrogen) atoms. The summed E-state index contributed by atoms with van der Waals surface area (Å²) in [6.45, 7) is 2.38. The standard InChI is InChI=1S/C15H21N3O2S/c19-15(14-10-3-1-2-4-11(10)16-17-14)18-6-8-21-13-9-20-7-5-12(13)18/h12-13H,1-9H2,(H,16,17)/t12-,13+/m0/s1. The van der Waals surface area contributed by atoms with Gasteiger partial charge in [0.2, 0.25) is 0 Å². The fraction of sp³-hybridized carbons (Fsp3) is 0.733. The lowest BCUT2D eigenvalue weighted by Crippen LogP contribution is -2.54. The van der Waals surface area contributed by atoms with Gasteiger partial charge >= 0.3 is 0 Å². The van der Waals surface area contributed by atoms with Crippen molar-refractivity contribution < 1.29 is 9.53 Å². The summed E-state index contributed by atoms with van der Waals surface area (Å²) in [4.78, 5) is 15.0. The second-order valence-corrected chi connectivity index (χ2v) is 7.42. The van der Waals surface area contributed by atoms with E-state index in [1.165, 1.54) is 24.1 Å². The van der Waals surface area contributed by atoms with Crippen molar-refractivity contribution in [2.24, 2.45) is 0 Å². The molecule has 2 aliphatic heterocycles. The molecule has 5 nitrogen and oxygen atoms in total. The van der Waals surface area contributed by atoms with Crippen molar-refractivity contribution in [3.8, 4) is 0 Å². The van der Waals surface area contributed by atoms with Crippen LogP contribution in [0.15, 0.2) is 0 Å². The summed E-state index contributed by atoms with van der Waals surface area (Å²) in [5, 5.41) is 7.88. The predicted octanol–water partition coefficient (Wildman–Crippen LogP) is 1.64. The van der Waals surface area contributed by atoms with Crippen LogP contribution in [-0.4, -0.2) is 57.8 Å². The third-order valence-electron chi connectivity index (χ3n) is 4.85. The molecule has 3 aliphatic rings. The quantitative estimate of drug-likeness (QED) is 0.857. The van der Waals surface area contributed by atoms with Crippen LogP contribution >= 0.6 is 11.8 Å². The van der Waals surface area contributed by atoms with Crippen molar-refractivity contribution in [2.75, 3.05) is 25.5 Å². The first-order valence-electron chi connectivity index (χ1n) is 7.91. The van der Waals surface area contributed by atoms with Crippen molar-refractivity contribution in [1.82, 2.24) is 15.1 Å². The number of aromatic amines is 1. The van der Waals surface area contributed by atoms with Gasteiger partial charge in [0.05, 0.1) is 6.61 Å². The summed E-state index contributed by atoms with van der Waals surface area (Å²) < 4.78 is 5.57. The molecule has 0 bridgehead atoms. The van der Waals surface area contributed by atoms with Gasteiger partial charge in [0, 0.05) is 41.5 Å². The summed E-state index contributed by atoms with van der Waals surface area (Å²) in [6.07, 6.45) is 5.35. The van der Waals surface area contributed by atoms with E-state index in [2.05, 4.69) is 15.1 Å². The number of thioether (sulfide) groups is 1. The lowest BCUT2D eigenvalue weighted by atomic mass is 9.95.